The second-order valence-corrected chi connectivity index (χ2v) is 14.6. The number of halogens is 6. The first-order valence-electron chi connectivity index (χ1n) is 7.25. The highest BCUT2D eigenvalue weighted by molar-refractivity contribution is 7.64. The van der Waals surface area contributed by atoms with Crippen LogP contribution in [0.5, 0.6) is 0 Å². The molecule has 0 atom stereocenters. The highest BCUT2D eigenvalue weighted by Gasteiger charge is 2.23. The molecule has 1 aromatic carbocycles. The number of hydrogen-bond acceptors (Lipinski definition) is 1. The van der Waals surface area contributed by atoms with Gasteiger partial charge < -0.3 is 5.11 Å². The summed E-state index contributed by atoms with van der Waals surface area (Å²) in [7, 11) is 0. The zero-order valence-electron chi connectivity index (χ0n) is 12.6. The Morgan fingerprint density at radius 1 is 1.04 bits per heavy atom. The van der Waals surface area contributed by atoms with Gasteiger partial charge in [0.2, 0.25) is 0 Å². The Bertz CT molecular complexity index is 595. The van der Waals surface area contributed by atoms with Gasteiger partial charge in [-0.25, -0.2) is 18.0 Å². The minimum Gasteiger partial charge on any atom is -0.478 e. The summed E-state index contributed by atoms with van der Waals surface area (Å²) in [6.45, 7) is 0. The molecule has 2 nitrogen and oxygen atoms in total. The third-order valence-electron chi connectivity index (χ3n) is 3.28. The van der Waals surface area contributed by atoms with E-state index in [9.17, 15) is 18.0 Å². The SMILES string of the molecule is O=C(O)/C(=C/c1cc(F)c(F)c(F)c1)CCCCCC[Si](Cl)(Cl)Cl. The summed E-state index contributed by atoms with van der Waals surface area (Å²) in [5, 5.41) is 9.16. The maximum atomic E-state index is 13.2. The van der Waals surface area contributed by atoms with Crippen molar-refractivity contribution in [3.8, 4) is 0 Å². The van der Waals surface area contributed by atoms with Gasteiger partial charge >= 0.3 is 12.0 Å². The highest BCUT2D eigenvalue weighted by Crippen LogP contribution is 2.28. The zero-order chi connectivity index (χ0) is 18.3. The Kier molecular flexibility index (Phi) is 8.63. The van der Waals surface area contributed by atoms with Crippen LogP contribution >= 0.6 is 33.2 Å². The molecule has 0 spiro atoms. The van der Waals surface area contributed by atoms with Gasteiger partial charge in [-0.2, -0.15) is 0 Å². The van der Waals surface area contributed by atoms with Crippen LogP contribution in [0.3, 0.4) is 0 Å². The number of carboxylic acids is 1. The first-order valence-corrected chi connectivity index (χ1v) is 12.5. The van der Waals surface area contributed by atoms with E-state index in [0.29, 0.717) is 12.5 Å². The number of unbranched alkanes of at least 4 members (excludes halogenated alkanes) is 3. The fourth-order valence-electron chi connectivity index (χ4n) is 2.09. The third kappa shape index (κ3) is 7.92. The van der Waals surface area contributed by atoms with Crippen molar-refractivity contribution in [2.45, 2.75) is 38.1 Å². The van der Waals surface area contributed by atoms with Crippen LogP contribution in [0.25, 0.3) is 6.08 Å². The van der Waals surface area contributed by atoms with Crippen LogP contribution in [-0.2, 0) is 4.79 Å². The standard InChI is InChI=1S/C15H16Cl3F3O2Si/c16-24(17,18)6-4-2-1-3-5-11(15(22)23)7-10-8-12(19)14(21)13(20)9-10/h7-9H,1-6H2,(H,22,23)/b11-7+. The molecule has 0 unspecified atom stereocenters. The fourth-order valence-corrected chi connectivity index (χ4v) is 3.95. The molecular formula is C15H16Cl3F3O2Si. The second-order valence-electron chi connectivity index (χ2n) is 5.30. The molecule has 1 aromatic rings. The van der Waals surface area contributed by atoms with E-state index in [4.69, 9.17) is 38.3 Å². The van der Waals surface area contributed by atoms with E-state index >= 15 is 0 Å². The van der Waals surface area contributed by atoms with Gasteiger partial charge in [-0.1, -0.05) is 19.3 Å². The van der Waals surface area contributed by atoms with Crippen molar-refractivity contribution in [3.05, 3.63) is 40.7 Å². The number of aliphatic carboxylic acids is 1. The van der Waals surface area contributed by atoms with Gasteiger partial charge in [-0.15, -0.1) is 33.2 Å². The van der Waals surface area contributed by atoms with Gasteiger partial charge in [-0.3, -0.25) is 0 Å². The molecule has 0 fully saturated rings. The van der Waals surface area contributed by atoms with Gasteiger partial charge in [0.05, 0.1) is 0 Å². The molecule has 0 bridgehead atoms. The smallest absolute Gasteiger partial charge is 0.341 e. The van der Waals surface area contributed by atoms with Gasteiger partial charge in [-0.05, 0) is 42.7 Å². The van der Waals surface area contributed by atoms with Crippen LogP contribution in [0, 0.1) is 17.5 Å². The molecule has 1 rings (SSSR count). The maximum Gasteiger partial charge on any atom is 0.341 e. The minimum atomic E-state index is -2.61. The van der Waals surface area contributed by atoms with Crippen LogP contribution in [0.4, 0.5) is 13.2 Å². The van der Waals surface area contributed by atoms with Crippen LogP contribution < -0.4 is 0 Å². The van der Waals surface area contributed by atoms with Crippen molar-refractivity contribution >= 4 is 51.3 Å². The van der Waals surface area contributed by atoms with Crippen molar-refractivity contribution in [2.75, 3.05) is 0 Å². The van der Waals surface area contributed by atoms with E-state index in [2.05, 4.69) is 0 Å². The lowest BCUT2D eigenvalue weighted by molar-refractivity contribution is -0.132. The number of carboxylic acid groups (broad SMARTS) is 1. The van der Waals surface area contributed by atoms with Crippen LogP contribution in [-0.4, -0.2) is 17.1 Å². The van der Waals surface area contributed by atoms with Gasteiger partial charge in [0, 0.05) is 5.57 Å². The monoisotopic (exact) mass is 418 g/mol. The molecular weight excluding hydrogens is 404 g/mol. The number of hydrogen-bond donors (Lipinski definition) is 1. The Hall–Kier alpha value is -0.693. The van der Waals surface area contributed by atoms with E-state index in [1.165, 1.54) is 0 Å². The first kappa shape index (κ1) is 21.3. The molecule has 0 aliphatic rings. The number of benzene rings is 1. The Morgan fingerprint density at radius 2 is 1.58 bits per heavy atom. The lowest BCUT2D eigenvalue weighted by Gasteiger charge is -2.07. The first-order chi connectivity index (χ1) is 11.1. The Morgan fingerprint density at radius 3 is 2.08 bits per heavy atom. The van der Waals surface area contributed by atoms with E-state index in [0.717, 1.165) is 37.5 Å². The fraction of sp³-hybridized carbons (Fsp3) is 0.400. The maximum absolute atomic E-state index is 13.2. The Labute approximate surface area is 153 Å². The summed E-state index contributed by atoms with van der Waals surface area (Å²) < 4.78 is 39.2. The van der Waals surface area contributed by atoms with Crippen molar-refractivity contribution in [3.63, 3.8) is 0 Å². The van der Waals surface area contributed by atoms with Crippen molar-refractivity contribution in [2.24, 2.45) is 0 Å². The van der Waals surface area contributed by atoms with E-state index < -0.39 is 29.4 Å². The van der Waals surface area contributed by atoms with Gasteiger partial charge in [0.1, 0.15) is 0 Å². The van der Waals surface area contributed by atoms with Crippen LogP contribution in [0.2, 0.25) is 6.04 Å². The average Bonchev–Trinajstić information content (AvgIpc) is 2.45. The average molecular weight is 420 g/mol. The molecule has 0 radical (unpaired) electrons. The predicted molar refractivity (Wildman–Crippen MR) is 93.1 cm³/mol. The van der Waals surface area contributed by atoms with E-state index in [-0.39, 0.29) is 17.6 Å². The zero-order valence-corrected chi connectivity index (χ0v) is 15.9. The number of rotatable bonds is 9. The normalized spacial score (nSPS) is 12.5. The molecule has 134 valence electrons. The van der Waals surface area contributed by atoms with Crippen molar-refractivity contribution in [1.82, 2.24) is 0 Å². The summed E-state index contributed by atoms with van der Waals surface area (Å²) in [6, 6.07) is -0.551. The molecule has 0 saturated heterocycles. The second kappa shape index (κ2) is 9.70. The molecule has 9 heteroatoms. The van der Waals surface area contributed by atoms with Gasteiger partial charge in [0.25, 0.3) is 0 Å². The third-order valence-corrected chi connectivity index (χ3v) is 5.90. The summed E-state index contributed by atoms with van der Waals surface area (Å²) in [6.07, 6.45) is 4.23. The van der Waals surface area contributed by atoms with E-state index in [1.54, 1.807) is 0 Å². The summed E-state index contributed by atoms with van der Waals surface area (Å²) in [5.41, 5.74) is -0.0397. The Balaban J connectivity index is 2.60. The molecule has 0 aliphatic carbocycles. The lowest BCUT2D eigenvalue weighted by atomic mass is 10.0. The van der Waals surface area contributed by atoms with Crippen molar-refractivity contribution in [1.29, 1.82) is 0 Å². The summed E-state index contributed by atoms with van der Waals surface area (Å²) in [4.78, 5) is 11.2. The summed E-state index contributed by atoms with van der Waals surface area (Å²) >= 11 is 17.3. The van der Waals surface area contributed by atoms with Crippen molar-refractivity contribution < 1.29 is 23.1 Å². The molecule has 0 heterocycles. The van der Waals surface area contributed by atoms with Crippen LogP contribution in [0.1, 0.15) is 37.7 Å². The molecule has 0 aliphatic heterocycles. The quantitative estimate of drug-likeness (QED) is 0.171. The molecule has 0 amide bonds. The molecule has 0 saturated carbocycles. The van der Waals surface area contributed by atoms with Gasteiger partial charge in [0.15, 0.2) is 17.5 Å². The topological polar surface area (TPSA) is 37.3 Å². The van der Waals surface area contributed by atoms with Crippen LogP contribution in [0.15, 0.2) is 17.7 Å². The summed E-state index contributed by atoms with van der Waals surface area (Å²) in [5.74, 6) is -5.49. The van der Waals surface area contributed by atoms with E-state index in [1.807, 2.05) is 0 Å². The minimum absolute atomic E-state index is 0.00356. The largest absolute Gasteiger partial charge is 0.478 e. The number of carbonyl (C=O) groups is 1. The molecule has 1 N–H and O–H groups in total. The highest BCUT2D eigenvalue weighted by atomic mass is 35.8. The predicted octanol–water partition coefficient (Wildman–Crippen LogP) is 6.18. The lowest BCUT2D eigenvalue weighted by Crippen LogP contribution is -2.07. The molecule has 0 aromatic heterocycles. The molecule has 24 heavy (non-hydrogen) atoms.